The van der Waals surface area contributed by atoms with E-state index in [0.29, 0.717) is 0 Å². The monoisotopic (exact) mass is 333 g/mol. The zero-order chi connectivity index (χ0) is 13.8. The number of rotatable bonds is 0. The molecule has 2 aromatic rings. The van der Waals surface area contributed by atoms with Crippen LogP contribution in [0.5, 0.6) is 0 Å². The molecule has 1 aromatic heterocycles. The molecule has 0 fully saturated rings. The van der Waals surface area contributed by atoms with Crippen molar-refractivity contribution >= 4 is 26.8 Å². The molecular weight excluding hydrogens is 310 g/mol. The van der Waals surface area contributed by atoms with Gasteiger partial charge in [-0.1, -0.05) is 50.7 Å². The fourth-order valence-corrected chi connectivity index (χ4v) is 3.92. The first-order valence-electron chi connectivity index (χ1n) is 8.14. The van der Waals surface area contributed by atoms with Crippen LogP contribution in [0, 0.1) is 0 Å². The smallest absolute Gasteiger partial charge is 0.0603 e. The average Bonchev–Trinajstić information content (AvgIpc) is 2.78. The van der Waals surface area contributed by atoms with Gasteiger partial charge >= 0.3 is 0 Å². The van der Waals surface area contributed by atoms with Gasteiger partial charge in [-0.25, -0.2) is 0 Å². The molecule has 1 aliphatic carbocycles. The highest BCUT2D eigenvalue weighted by Gasteiger charge is 2.13. The normalized spacial score (nSPS) is 18.2. The van der Waals surface area contributed by atoms with Crippen molar-refractivity contribution in [2.45, 2.75) is 64.2 Å². The Morgan fingerprint density at radius 3 is 2.20 bits per heavy atom. The third-order valence-electron chi connectivity index (χ3n) is 4.58. The molecule has 1 nitrogen and oxygen atoms in total. The molecule has 0 amide bonds. The topological polar surface area (TPSA) is 15.8 Å². The number of aromatic nitrogens is 1. The number of fused-ring (bicyclic) bond motifs is 3. The number of benzene rings is 1. The summed E-state index contributed by atoms with van der Waals surface area (Å²) < 4.78 is 1.20. The molecule has 3 rings (SSSR count). The number of H-pyrrole nitrogens is 1. The van der Waals surface area contributed by atoms with Gasteiger partial charge in [0.1, 0.15) is 0 Å². The predicted molar refractivity (Wildman–Crippen MR) is 90.3 cm³/mol. The van der Waals surface area contributed by atoms with Gasteiger partial charge in [0.05, 0.1) is 5.52 Å². The van der Waals surface area contributed by atoms with Crippen LogP contribution in [0.25, 0.3) is 10.9 Å². The predicted octanol–water partition coefficient (Wildman–Crippen LogP) is 6.15. The van der Waals surface area contributed by atoms with Gasteiger partial charge in [-0.15, -0.1) is 0 Å². The molecule has 0 spiro atoms. The summed E-state index contributed by atoms with van der Waals surface area (Å²) in [7, 11) is 0. The molecule has 0 aliphatic heterocycles. The molecule has 2 heteroatoms. The summed E-state index contributed by atoms with van der Waals surface area (Å²) in [6.07, 6.45) is 13.6. The van der Waals surface area contributed by atoms with Crippen molar-refractivity contribution < 1.29 is 0 Å². The minimum atomic E-state index is 1.20. The van der Waals surface area contributed by atoms with E-state index in [-0.39, 0.29) is 0 Å². The second-order valence-corrected chi connectivity index (χ2v) is 6.93. The molecule has 0 saturated carbocycles. The maximum absolute atomic E-state index is 3.69. The van der Waals surface area contributed by atoms with Crippen LogP contribution in [0.15, 0.2) is 22.7 Å². The Bertz CT molecular complexity index is 570. The van der Waals surface area contributed by atoms with E-state index >= 15 is 0 Å². The van der Waals surface area contributed by atoms with Crippen molar-refractivity contribution in [2.75, 3.05) is 0 Å². The lowest BCUT2D eigenvalue weighted by Gasteiger charge is -2.08. The Labute approximate surface area is 130 Å². The first-order valence-corrected chi connectivity index (χ1v) is 8.93. The SMILES string of the molecule is Brc1cccc2c3c([nH]c12)CCCCCCCCCC3. The Hall–Kier alpha value is -0.760. The van der Waals surface area contributed by atoms with Crippen molar-refractivity contribution in [3.05, 3.63) is 33.9 Å². The first-order chi connectivity index (χ1) is 9.86. The van der Waals surface area contributed by atoms with E-state index in [4.69, 9.17) is 0 Å². The molecule has 0 radical (unpaired) electrons. The van der Waals surface area contributed by atoms with E-state index in [2.05, 4.69) is 39.1 Å². The Morgan fingerprint density at radius 2 is 1.45 bits per heavy atom. The average molecular weight is 334 g/mol. The van der Waals surface area contributed by atoms with E-state index in [1.54, 1.807) is 5.56 Å². The molecule has 1 N–H and O–H groups in total. The van der Waals surface area contributed by atoms with E-state index in [1.807, 2.05) is 0 Å². The van der Waals surface area contributed by atoms with Gasteiger partial charge in [0.15, 0.2) is 0 Å². The van der Waals surface area contributed by atoms with Crippen LogP contribution in [0.1, 0.15) is 62.6 Å². The van der Waals surface area contributed by atoms with Crippen molar-refractivity contribution in [3.63, 3.8) is 0 Å². The van der Waals surface area contributed by atoms with E-state index in [1.165, 1.54) is 85.3 Å². The van der Waals surface area contributed by atoms with Crippen molar-refractivity contribution in [1.29, 1.82) is 0 Å². The summed E-state index contributed by atoms with van der Waals surface area (Å²) in [6, 6.07) is 6.58. The summed E-state index contributed by atoms with van der Waals surface area (Å²) in [5, 5.41) is 1.44. The fourth-order valence-electron chi connectivity index (χ4n) is 3.45. The van der Waals surface area contributed by atoms with E-state index in [9.17, 15) is 0 Å². The second kappa shape index (κ2) is 6.80. The zero-order valence-electron chi connectivity index (χ0n) is 12.2. The fraction of sp³-hybridized carbons (Fsp3) is 0.556. The Kier molecular flexibility index (Phi) is 4.82. The van der Waals surface area contributed by atoms with Gasteiger partial charge < -0.3 is 4.98 Å². The van der Waals surface area contributed by atoms with Crippen LogP contribution in [-0.4, -0.2) is 4.98 Å². The van der Waals surface area contributed by atoms with Gasteiger partial charge in [-0.2, -0.15) is 0 Å². The number of aryl methyl sites for hydroxylation is 2. The lowest BCUT2D eigenvalue weighted by Crippen LogP contribution is -1.95. The van der Waals surface area contributed by atoms with Gasteiger partial charge in [0.2, 0.25) is 0 Å². The minimum absolute atomic E-state index is 1.20. The second-order valence-electron chi connectivity index (χ2n) is 6.07. The van der Waals surface area contributed by atoms with E-state index in [0.717, 1.165) is 0 Å². The van der Waals surface area contributed by atoms with Crippen LogP contribution < -0.4 is 0 Å². The number of aromatic amines is 1. The van der Waals surface area contributed by atoms with Gasteiger partial charge in [-0.3, -0.25) is 0 Å². The number of hydrogen-bond acceptors (Lipinski definition) is 0. The van der Waals surface area contributed by atoms with Crippen LogP contribution in [-0.2, 0) is 12.8 Å². The zero-order valence-corrected chi connectivity index (χ0v) is 13.8. The first kappa shape index (κ1) is 14.2. The van der Waals surface area contributed by atoms with Crippen LogP contribution >= 0.6 is 15.9 Å². The third kappa shape index (κ3) is 3.11. The molecular formula is C18H24BrN. The van der Waals surface area contributed by atoms with Crippen LogP contribution in [0.2, 0.25) is 0 Å². The highest BCUT2D eigenvalue weighted by Crippen LogP contribution is 2.31. The number of halogens is 1. The molecule has 108 valence electrons. The molecule has 1 aromatic carbocycles. The number of hydrogen-bond donors (Lipinski definition) is 1. The molecule has 0 saturated heterocycles. The molecule has 20 heavy (non-hydrogen) atoms. The standard InChI is InChI=1S/C18H24BrN/c19-16-12-9-11-15-14-10-7-5-3-1-2-4-6-8-13-17(14)20-18(15)16/h9,11-12,20H,1-8,10,13H2. The van der Waals surface area contributed by atoms with Gasteiger partial charge in [-0.05, 0) is 53.2 Å². The van der Waals surface area contributed by atoms with Crippen LogP contribution in [0.4, 0.5) is 0 Å². The maximum Gasteiger partial charge on any atom is 0.0603 e. The van der Waals surface area contributed by atoms with E-state index < -0.39 is 0 Å². The van der Waals surface area contributed by atoms with Crippen LogP contribution in [0.3, 0.4) is 0 Å². The van der Waals surface area contributed by atoms with Crippen molar-refractivity contribution in [2.24, 2.45) is 0 Å². The molecule has 0 atom stereocenters. The summed E-state index contributed by atoms with van der Waals surface area (Å²) in [5.41, 5.74) is 4.38. The highest BCUT2D eigenvalue weighted by atomic mass is 79.9. The number of nitrogens with one attached hydrogen (secondary N) is 1. The molecule has 1 heterocycles. The molecule has 0 unspecified atom stereocenters. The molecule has 0 bridgehead atoms. The summed E-state index contributed by atoms with van der Waals surface area (Å²) in [4.78, 5) is 3.69. The Balaban J connectivity index is 1.92. The highest BCUT2D eigenvalue weighted by molar-refractivity contribution is 9.10. The van der Waals surface area contributed by atoms with Crippen molar-refractivity contribution in [3.8, 4) is 0 Å². The van der Waals surface area contributed by atoms with Gasteiger partial charge in [0, 0.05) is 15.6 Å². The summed E-state index contributed by atoms with van der Waals surface area (Å²) in [6.45, 7) is 0. The largest absolute Gasteiger partial charge is 0.357 e. The number of para-hydroxylation sites is 1. The lowest BCUT2D eigenvalue weighted by atomic mass is 9.98. The summed E-state index contributed by atoms with van der Waals surface area (Å²) in [5.74, 6) is 0. The minimum Gasteiger partial charge on any atom is -0.357 e. The lowest BCUT2D eigenvalue weighted by molar-refractivity contribution is 0.559. The van der Waals surface area contributed by atoms with Gasteiger partial charge in [0.25, 0.3) is 0 Å². The Morgan fingerprint density at radius 1 is 0.800 bits per heavy atom. The maximum atomic E-state index is 3.69. The third-order valence-corrected chi connectivity index (χ3v) is 5.24. The summed E-state index contributed by atoms with van der Waals surface area (Å²) >= 11 is 3.69. The quantitative estimate of drug-likeness (QED) is 0.595. The molecule has 1 aliphatic rings. The van der Waals surface area contributed by atoms with Crippen molar-refractivity contribution in [1.82, 2.24) is 4.98 Å².